The van der Waals surface area contributed by atoms with Crippen LogP contribution in [0.1, 0.15) is 18.7 Å². The first kappa shape index (κ1) is 15.1. The second kappa shape index (κ2) is 5.60. The maximum atomic E-state index is 6.03. The lowest BCUT2D eigenvalue weighted by atomic mass is 10.0. The molecule has 0 fully saturated rings. The van der Waals surface area contributed by atoms with Gasteiger partial charge in [0.2, 0.25) is 0 Å². The quantitative estimate of drug-likeness (QED) is 0.732. The van der Waals surface area contributed by atoms with Crippen molar-refractivity contribution in [3.63, 3.8) is 0 Å². The summed E-state index contributed by atoms with van der Waals surface area (Å²) in [5.74, 6) is 0.900. The molecule has 5 heteroatoms. The summed E-state index contributed by atoms with van der Waals surface area (Å²) in [4.78, 5) is 10.1. The number of anilines is 1. The zero-order valence-electron chi connectivity index (χ0n) is 14.0. The second-order valence-corrected chi connectivity index (χ2v) is 7.79. The maximum absolute atomic E-state index is 6.03. The van der Waals surface area contributed by atoms with Gasteiger partial charge in [0.1, 0.15) is 16.4 Å². The number of nitrogens with one attached hydrogen (secondary N) is 1. The van der Waals surface area contributed by atoms with Crippen molar-refractivity contribution in [3.05, 3.63) is 47.6 Å². The first-order chi connectivity index (χ1) is 11.5. The van der Waals surface area contributed by atoms with Crippen LogP contribution in [-0.4, -0.2) is 22.1 Å². The van der Waals surface area contributed by atoms with Gasteiger partial charge in [-0.1, -0.05) is 0 Å². The van der Waals surface area contributed by atoms with Crippen LogP contribution in [0.15, 0.2) is 42.7 Å². The van der Waals surface area contributed by atoms with Crippen LogP contribution in [0.3, 0.4) is 0 Å². The largest absolute Gasteiger partial charge is 0.484 e. The number of aryl methyl sites for hydroxylation is 1. The van der Waals surface area contributed by atoms with Gasteiger partial charge >= 0.3 is 0 Å². The average molecular weight is 337 g/mol. The van der Waals surface area contributed by atoms with E-state index in [1.54, 1.807) is 23.7 Å². The van der Waals surface area contributed by atoms with E-state index in [4.69, 9.17) is 9.72 Å². The van der Waals surface area contributed by atoms with Gasteiger partial charge in [0, 0.05) is 28.4 Å². The van der Waals surface area contributed by atoms with E-state index >= 15 is 0 Å². The molecule has 0 atom stereocenters. The van der Waals surface area contributed by atoms with Gasteiger partial charge in [-0.25, -0.2) is 4.98 Å². The monoisotopic (exact) mass is 337 g/mol. The molecule has 3 heterocycles. The third-order valence-electron chi connectivity index (χ3n) is 4.07. The number of hydrogen-bond donors (Lipinski definition) is 1. The van der Waals surface area contributed by atoms with Gasteiger partial charge in [0.15, 0.2) is 0 Å². The highest BCUT2D eigenvalue weighted by atomic mass is 32.1. The average Bonchev–Trinajstić information content (AvgIpc) is 2.96. The number of aromatic nitrogens is 2. The van der Waals surface area contributed by atoms with E-state index in [1.165, 1.54) is 4.88 Å². The highest BCUT2D eigenvalue weighted by molar-refractivity contribution is 7.15. The second-order valence-electron chi connectivity index (χ2n) is 6.59. The molecule has 122 valence electrons. The predicted molar refractivity (Wildman–Crippen MR) is 98.7 cm³/mol. The third-order valence-corrected chi connectivity index (χ3v) is 5.09. The molecule has 3 aromatic rings. The fraction of sp³-hybridized carbons (Fsp3) is 0.263. The van der Waals surface area contributed by atoms with Crippen molar-refractivity contribution in [2.45, 2.75) is 26.4 Å². The van der Waals surface area contributed by atoms with Crippen LogP contribution in [0.4, 0.5) is 5.69 Å². The summed E-state index contributed by atoms with van der Waals surface area (Å²) in [7, 11) is 0. The normalized spacial score (nSPS) is 15.3. The Kier molecular flexibility index (Phi) is 3.53. The van der Waals surface area contributed by atoms with E-state index in [0.717, 1.165) is 39.8 Å². The van der Waals surface area contributed by atoms with E-state index in [9.17, 15) is 0 Å². The van der Waals surface area contributed by atoms with Crippen LogP contribution in [0, 0.1) is 6.92 Å². The molecule has 1 N–H and O–H groups in total. The number of nitrogens with zero attached hydrogens (tertiary/aromatic N) is 2. The smallest absolute Gasteiger partial charge is 0.143 e. The van der Waals surface area contributed by atoms with Crippen LogP contribution < -0.4 is 10.1 Å². The van der Waals surface area contributed by atoms with Crippen LogP contribution in [-0.2, 0) is 0 Å². The van der Waals surface area contributed by atoms with Gasteiger partial charge in [-0.2, -0.15) is 0 Å². The van der Waals surface area contributed by atoms with E-state index in [0.29, 0.717) is 0 Å². The molecule has 0 radical (unpaired) electrons. The third kappa shape index (κ3) is 2.76. The van der Waals surface area contributed by atoms with Crippen molar-refractivity contribution in [2.75, 3.05) is 11.9 Å². The summed E-state index contributed by atoms with van der Waals surface area (Å²) in [6, 6.07) is 10.2. The fourth-order valence-electron chi connectivity index (χ4n) is 2.83. The molecule has 1 aliphatic heterocycles. The number of pyridine rings is 1. The van der Waals surface area contributed by atoms with Gasteiger partial charge in [0.25, 0.3) is 0 Å². The minimum Gasteiger partial charge on any atom is -0.484 e. The Bertz CT molecular complexity index is 887. The number of hydrogen-bond acceptors (Lipinski definition) is 5. The molecule has 24 heavy (non-hydrogen) atoms. The highest BCUT2D eigenvalue weighted by Gasteiger charge is 2.26. The Morgan fingerprint density at radius 2 is 1.92 bits per heavy atom. The lowest BCUT2D eigenvalue weighted by Gasteiger charge is -2.33. The Morgan fingerprint density at radius 3 is 2.71 bits per heavy atom. The molecule has 0 unspecified atom stereocenters. The maximum Gasteiger partial charge on any atom is 0.143 e. The number of thiazole rings is 1. The topological polar surface area (TPSA) is 47.0 Å². The van der Waals surface area contributed by atoms with E-state index in [1.807, 2.05) is 18.2 Å². The molecule has 0 saturated heterocycles. The molecule has 1 aliphatic rings. The van der Waals surface area contributed by atoms with Crippen molar-refractivity contribution >= 4 is 17.0 Å². The molecule has 0 saturated carbocycles. The standard InChI is InChI=1S/C19H19N3OS/c1-12-17(22-18(24-12)13-6-8-20-9-7-13)14-4-5-16-15(10-14)21-11-19(2,3)23-16/h4-10,21H,11H2,1-3H3. The lowest BCUT2D eigenvalue weighted by Crippen LogP contribution is -2.39. The van der Waals surface area contributed by atoms with Crippen molar-refractivity contribution in [1.82, 2.24) is 9.97 Å². The van der Waals surface area contributed by atoms with E-state index in [-0.39, 0.29) is 5.60 Å². The Hall–Kier alpha value is -2.40. The number of fused-ring (bicyclic) bond motifs is 1. The number of rotatable bonds is 2. The van der Waals surface area contributed by atoms with Crippen molar-refractivity contribution < 1.29 is 4.74 Å². The summed E-state index contributed by atoms with van der Waals surface area (Å²) in [6.45, 7) is 7.08. The number of ether oxygens (including phenoxy) is 1. The van der Waals surface area contributed by atoms with Crippen LogP contribution in [0.2, 0.25) is 0 Å². The van der Waals surface area contributed by atoms with Crippen LogP contribution in [0.25, 0.3) is 21.8 Å². The Labute approximate surface area is 145 Å². The zero-order valence-corrected chi connectivity index (χ0v) is 14.8. The summed E-state index contributed by atoms with van der Waals surface area (Å²) >= 11 is 1.71. The van der Waals surface area contributed by atoms with Crippen molar-refractivity contribution in [3.8, 4) is 27.6 Å². The van der Waals surface area contributed by atoms with Crippen molar-refractivity contribution in [1.29, 1.82) is 0 Å². The zero-order chi connectivity index (χ0) is 16.7. The van der Waals surface area contributed by atoms with Gasteiger partial charge < -0.3 is 10.1 Å². The molecule has 4 nitrogen and oxygen atoms in total. The van der Waals surface area contributed by atoms with E-state index < -0.39 is 0 Å². The molecule has 0 bridgehead atoms. The number of benzene rings is 1. The van der Waals surface area contributed by atoms with E-state index in [2.05, 4.69) is 43.2 Å². The first-order valence-electron chi connectivity index (χ1n) is 7.97. The first-order valence-corrected chi connectivity index (χ1v) is 8.79. The minimum absolute atomic E-state index is 0.181. The SMILES string of the molecule is Cc1sc(-c2ccncc2)nc1-c1ccc2c(c1)NCC(C)(C)O2. The minimum atomic E-state index is -0.181. The molecular weight excluding hydrogens is 318 g/mol. The fourth-order valence-corrected chi connectivity index (χ4v) is 3.77. The molecule has 4 rings (SSSR count). The summed E-state index contributed by atoms with van der Waals surface area (Å²) < 4.78 is 6.03. The molecule has 1 aromatic carbocycles. The Morgan fingerprint density at radius 1 is 1.12 bits per heavy atom. The molecule has 2 aromatic heterocycles. The predicted octanol–water partition coefficient (Wildman–Crippen LogP) is 4.76. The van der Waals surface area contributed by atoms with Gasteiger partial charge in [-0.15, -0.1) is 11.3 Å². The summed E-state index contributed by atoms with van der Waals surface area (Å²) in [5, 5.41) is 4.48. The summed E-state index contributed by atoms with van der Waals surface area (Å²) in [6.07, 6.45) is 3.60. The highest BCUT2D eigenvalue weighted by Crippen LogP contribution is 2.38. The van der Waals surface area contributed by atoms with Gasteiger partial charge in [0.05, 0.1) is 17.9 Å². The molecule has 0 aliphatic carbocycles. The van der Waals surface area contributed by atoms with Gasteiger partial charge in [-0.05, 0) is 51.1 Å². The van der Waals surface area contributed by atoms with Crippen LogP contribution in [0.5, 0.6) is 5.75 Å². The van der Waals surface area contributed by atoms with Crippen molar-refractivity contribution in [2.24, 2.45) is 0 Å². The molecule has 0 spiro atoms. The summed E-state index contributed by atoms with van der Waals surface area (Å²) in [5.41, 5.74) is 4.09. The molecule has 0 amide bonds. The Balaban J connectivity index is 1.71. The van der Waals surface area contributed by atoms with Crippen LogP contribution >= 0.6 is 11.3 Å². The van der Waals surface area contributed by atoms with Gasteiger partial charge in [-0.3, -0.25) is 4.98 Å². The lowest BCUT2D eigenvalue weighted by molar-refractivity contribution is 0.116. The molecular formula is C19H19N3OS.